The molecule has 0 spiro atoms. The number of fused-ring (bicyclic) bond motifs is 4. The minimum atomic E-state index is -0.0642. The highest BCUT2D eigenvalue weighted by Crippen LogP contribution is 2.51. The van der Waals surface area contributed by atoms with E-state index in [0.717, 1.165) is 12.8 Å². The van der Waals surface area contributed by atoms with Gasteiger partial charge >= 0.3 is 0 Å². The molecule has 1 fully saturated rings. The SMILES string of the molecule is Cc1ccc2c(c1)CCC1=C3C[C@H](O)CC3CCC12. The fraction of sp³-hybridized carbons (Fsp3) is 0.556. The number of rotatable bonds is 0. The Morgan fingerprint density at radius 2 is 2.00 bits per heavy atom. The molecule has 4 rings (SSSR count). The molecule has 2 unspecified atom stereocenters. The van der Waals surface area contributed by atoms with Gasteiger partial charge < -0.3 is 5.11 Å². The van der Waals surface area contributed by atoms with E-state index in [0.29, 0.717) is 11.8 Å². The van der Waals surface area contributed by atoms with Crippen LogP contribution in [-0.2, 0) is 6.42 Å². The molecule has 0 amide bonds. The van der Waals surface area contributed by atoms with Gasteiger partial charge in [0.15, 0.2) is 0 Å². The van der Waals surface area contributed by atoms with Crippen LogP contribution in [0, 0.1) is 12.8 Å². The number of hydrogen-bond donors (Lipinski definition) is 1. The zero-order chi connectivity index (χ0) is 13.0. The highest BCUT2D eigenvalue weighted by Gasteiger charge is 2.38. The molecule has 0 saturated heterocycles. The standard InChI is InChI=1S/C18H22O/c1-11-2-5-15-12(8-11)3-7-17-16(15)6-4-13-9-14(19)10-18(13)17/h2,5,8,13-14,16,19H,3-4,6-7,9-10H2,1H3/t13?,14-,16?/m1/s1. The summed E-state index contributed by atoms with van der Waals surface area (Å²) < 4.78 is 0. The molecule has 0 bridgehead atoms. The zero-order valence-corrected chi connectivity index (χ0v) is 11.7. The summed E-state index contributed by atoms with van der Waals surface area (Å²) >= 11 is 0. The monoisotopic (exact) mass is 254 g/mol. The van der Waals surface area contributed by atoms with Crippen molar-refractivity contribution in [3.63, 3.8) is 0 Å². The van der Waals surface area contributed by atoms with Gasteiger partial charge in [-0.1, -0.05) is 34.9 Å². The van der Waals surface area contributed by atoms with Crippen molar-refractivity contribution in [3.8, 4) is 0 Å². The fourth-order valence-corrected chi connectivity index (χ4v) is 4.66. The Morgan fingerprint density at radius 3 is 2.89 bits per heavy atom. The van der Waals surface area contributed by atoms with Crippen molar-refractivity contribution in [2.75, 3.05) is 0 Å². The first-order valence-corrected chi connectivity index (χ1v) is 7.71. The minimum Gasteiger partial charge on any atom is -0.393 e. The summed E-state index contributed by atoms with van der Waals surface area (Å²) in [6, 6.07) is 7.01. The van der Waals surface area contributed by atoms with Crippen molar-refractivity contribution in [3.05, 3.63) is 46.0 Å². The van der Waals surface area contributed by atoms with Crippen molar-refractivity contribution >= 4 is 0 Å². The third kappa shape index (κ3) is 1.79. The van der Waals surface area contributed by atoms with Crippen LogP contribution in [0.25, 0.3) is 0 Å². The molecule has 100 valence electrons. The smallest absolute Gasteiger partial charge is 0.0583 e. The topological polar surface area (TPSA) is 20.2 Å². The van der Waals surface area contributed by atoms with Gasteiger partial charge in [0, 0.05) is 5.92 Å². The van der Waals surface area contributed by atoms with Crippen LogP contribution in [0.3, 0.4) is 0 Å². The van der Waals surface area contributed by atoms with Crippen molar-refractivity contribution in [2.45, 2.75) is 57.5 Å². The number of aliphatic hydroxyl groups is 1. The molecule has 1 nitrogen and oxygen atoms in total. The summed E-state index contributed by atoms with van der Waals surface area (Å²) in [5, 5.41) is 9.95. The summed E-state index contributed by atoms with van der Waals surface area (Å²) in [6.07, 6.45) is 6.93. The molecule has 19 heavy (non-hydrogen) atoms. The Hall–Kier alpha value is -1.08. The first kappa shape index (κ1) is 11.7. The van der Waals surface area contributed by atoms with E-state index < -0.39 is 0 Å². The summed E-state index contributed by atoms with van der Waals surface area (Å²) in [5.74, 6) is 1.37. The highest BCUT2D eigenvalue weighted by molar-refractivity contribution is 5.45. The molecule has 0 heterocycles. The molecule has 1 aromatic carbocycles. The molecule has 0 aliphatic heterocycles. The zero-order valence-electron chi connectivity index (χ0n) is 11.7. The molecule has 3 aliphatic carbocycles. The van der Waals surface area contributed by atoms with Gasteiger partial charge in [-0.2, -0.15) is 0 Å². The number of aliphatic hydroxyl groups excluding tert-OH is 1. The molecular weight excluding hydrogens is 232 g/mol. The van der Waals surface area contributed by atoms with E-state index in [1.165, 1.54) is 31.2 Å². The average molecular weight is 254 g/mol. The maximum Gasteiger partial charge on any atom is 0.0583 e. The van der Waals surface area contributed by atoms with E-state index in [1.54, 1.807) is 22.3 Å². The predicted octanol–water partition coefficient (Wildman–Crippen LogP) is 3.89. The lowest BCUT2D eigenvalue weighted by molar-refractivity contribution is 0.177. The van der Waals surface area contributed by atoms with Gasteiger partial charge in [-0.25, -0.2) is 0 Å². The Morgan fingerprint density at radius 1 is 1.11 bits per heavy atom. The molecule has 0 aromatic heterocycles. The average Bonchev–Trinajstić information content (AvgIpc) is 2.78. The predicted molar refractivity (Wildman–Crippen MR) is 77.2 cm³/mol. The van der Waals surface area contributed by atoms with Crippen LogP contribution < -0.4 is 0 Å². The van der Waals surface area contributed by atoms with E-state index in [2.05, 4.69) is 25.1 Å². The van der Waals surface area contributed by atoms with Gasteiger partial charge in [-0.05, 0) is 62.5 Å². The van der Waals surface area contributed by atoms with E-state index in [4.69, 9.17) is 0 Å². The Balaban J connectivity index is 1.79. The van der Waals surface area contributed by atoms with Crippen LogP contribution in [0.15, 0.2) is 29.3 Å². The molecule has 3 atom stereocenters. The normalized spacial score (nSPS) is 32.8. The maximum absolute atomic E-state index is 9.95. The number of aryl methyl sites for hydroxylation is 2. The fourth-order valence-electron chi connectivity index (χ4n) is 4.66. The molecule has 1 N–H and O–H groups in total. The van der Waals surface area contributed by atoms with Crippen molar-refractivity contribution in [1.29, 1.82) is 0 Å². The van der Waals surface area contributed by atoms with Crippen LogP contribution in [0.4, 0.5) is 0 Å². The maximum atomic E-state index is 9.95. The molecular formula is C18H22O. The van der Waals surface area contributed by atoms with Gasteiger partial charge in [0.1, 0.15) is 0 Å². The Bertz CT molecular complexity index is 555. The Labute approximate surface area is 115 Å². The summed E-state index contributed by atoms with van der Waals surface area (Å²) in [4.78, 5) is 0. The highest BCUT2D eigenvalue weighted by atomic mass is 16.3. The second-order valence-electron chi connectivity index (χ2n) is 6.67. The first-order chi connectivity index (χ1) is 9.22. The van der Waals surface area contributed by atoms with Crippen LogP contribution in [-0.4, -0.2) is 11.2 Å². The van der Waals surface area contributed by atoms with Gasteiger partial charge in [0.25, 0.3) is 0 Å². The van der Waals surface area contributed by atoms with Gasteiger partial charge in [-0.3, -0.25) is 0 Å². The number of allylic oxidation sites excluding steroid dienone is 1. The molecule has 3 aliphatic rings. The number of benzene rings is 1. The lowest BCUT2D eigenvalue weighted by Crippen LogP contribution is -2.21. The minimum absolute atomic E-state index is 0.0642. The van der Waals surface area contributed by atoms with E-state index in [9.17, 15) is 5.11 Å². The second-order valence-corrected chi connectivity index (χ2v) is 6.67. The quantitative estimate of drug-likeness (QED) is 0.696. The third-order valence-electron chi connectivity index (χ3n) is 5.48. The summed E-state index contributed by atoms with van der Waals surface area (Å²) in [5.41, 5.74) is 7.88. The largest absolute Gasteiger partial charge is 0.393 e. The molecule has 1 aromatic rings. The second kappa shape index (κ2) is 4.21. The lowest BCUT2D eigenvalue weighted by atomic mass is 9.69. The van der Waals surface area contributed by atoms with Crippen molar-refractivity contribution < 1.29 is 5.11 Å². The van der Waals surface area contributed by atoms with Crippen LogP contribution >= 0.6 is 0 Å². The van der Waals surface area contributed by atoms with Gasteiger partial charge in [-0.15, -0.1) is 0 Å². The van der Waals surface area contributed by atoms with Crippen LogP contribution in [0.2, 0.25) is 0 Å². The molecule has 1 saturated carbocycles. The first-order valence-electron chi connectivity index (χ1n) is 7.71. The van der Waals surface area contributed by atoms with Crippen LogP contribution in [0.1, 0.15) is 54.7 Å². The van der Waals surface area contributed by atoms with Crippen molar-refractivity contribution in [1.82, 2.24) is 0 Å². The third-order valence-corrected chi connectivity index (χ3v) is 5.48. The molecule has 1 heteroatoms. The van der Waals surface area contributed by atoms with E-state index in [-0.39, 0.29) is 6.10 Å². The van der Waals surface area contributed by atoms with Gasteiger partial charge in [0.05, 0.1) is 6.10 Å². The van der Waals surface area contributed by atoms with Gasteiger partial charge in [0.2, 0.25) is 0 Å². The summed E-state index contributed by atoms with van der Waals surface area (Å²) in [7, 11) is 0. The van der Waals surface area contributed by atoms with Crippen molar-refractivity contribution in [2.24, 2.45) is 5.92 Å². The van der Waals surface area contributed by atoms with E-state index in [1.807, 2.05) is 0 Å². The Kier molecular flexibility index (Phi) is 2.60. The van der Waals surface area contributed by atoms with Crippen LogP contribution in [0.5, 0.6) is 0 Å². The number of hydrogen-bond acceptors (Lipinski definition) is 1. The van der Waals surface area contributed by atoms with E-state index >= 15 is 0 Å². The lowest BCUT2D eigenvalue weighted by Gasteiger charge is -2.36. The molecule has 0 radical (unpaired) electrons. The summed E-state index contributed by atoms with van der Waals surface area (Å²) in [6.45, 7) is 2.19.